The van der Waals surface area contributed by atoms with E-state index in [2.05, 4.69) is 5.32 Å². The average Bonchev–Trinajstić information content (AvgIpc) is 2.61. The fourth-order valence-electron chi connectivity index (χ4n) is 1.66. The van der Waals surface area contributed by atoms with Crippen LogP contribution in [-0.2, 0) is 4.79 Å². The quantitative estimate of drug-likeness (QED) is 0.726. The molecule has 0 heterocycles. The Bertz CT molecular complexity index is 410. The van der Waals surface area contributed by atoms with Crippen molar-refractivity contribution >= 4 is 11.5 Å². The van der Waals surface area contributed by atoms with E-state index in [1.54, 1.807) is 24.4 Å². The first-order chi connectivity index (χ1) is 7.25. The van der Waals surface area contributed by atoms with Crippen LogP contribution in [0.15, 0.2) is 36.0 Å². The van der Waals surface area contributed by atoms with Crippen LogP contribution in [0, 0.1) is 0 Å². The van der Waals surface area contributed by atoms with E-state index < -0.39 is 0 Å². The fraction of sp³-hybridized carbons (Fsp3) is 0.250. The first kappa shape index (κ1) is 9.77. The largest absolute Gasteiger partial charge is 0.508 e. The third-order valence-corrected chi connectivity index (χ3v) is 2.47. The number of ketones is 1. The number of nitrogens with one attached hydrogen (secondary N) is 1. The molecule has 1 aliphatic rings. The molecule has 15 heavy (non-hydrogen) atoms. The number of Topliss-reactive ketones (excluding diaryl/α,β-unsaturated/α-hetero) is 1. The van der Waals surface area contributed by atoms with Crippen LogP contribution < -0.4 is 5.32 Å². The number of phenols is 1. The van der Waals surface area contributed by atoms with E-state index in [1.165, 1.54) is 0 Å². The zero-order chi connectivity index (χ0) is 10.7. The Morgan fingerprint density at radius 1 is 1.33 bits per heavy atom. The van der Waals surface area contributed by atoms with Gasteiger partial charge in [-0.2, -0.15) is 0 Å². The molecule has 0 spiro atoms. The van der Waals surface area contributed by atoms with Crippen LogP contribution >= 0.6 is 0 Å². The number of carbonyl (C=O) groups excluding carboxylic acids is 1. The van der Waals surface area contributed by atoms with Gasteiger partial charge in [-0.3, -0.25) is 4.79 Å². The van der Waals surface area contributed by atoms with Crippen LogP contribution in [0.1, 0.15) is 19.3 Å². The van der Waals surface area contributed by atoms with Gasteiger partial charge in [0.2, 0.25) is 0 Å². The Balaban J connectivity index is 2.06. The van der Waals surface area contributed by atoms with Crippen LogP contribution in [0.3, 0.4) is 0 Å². The van der Waals surface area contributed by atoms with Crippen molar-refractivity contribution in [2.75, 3.05) is 5.32 Å². The van der Waals surface area contributed by atoms with Gasteiger partial charge < -0.3 is 10.4 Å². The normalized spacial score (nSPS) is 18.4. The van der Waals surface area contributed by atoms with E-state index in [9.17, 15) is 9.90 Å². The first-order valence-electron chi connectivity index (χ1n) is 5.03. The summed E-state index contributed by atoms with van der Waals surface area (Å²) in [6, 6.07) is 6.83. The minimum Gasteiger partial charge on any atom is -0.508 e. The summed E-state index contributed by atoms with van der Waals surface area (Å²) >= 11 is 0. The summed E-state index contributed by atoms with van der Waals surface area (Å²) in [6.45, 7) is 0. The molecule has 78 valence electrons. The number of carbonyl (C=O) groups is 1. The monoisotopic (exact) mass is 203 g/mol. The van der Waals surface area contributed by atoms with Crippen LogP contribution in [0.4, 0.5) is 5.69 Å². The lowest BCUT2D eigenvalue weighted by molar-refractivity contribution is -0.114. The molecule has 1 saturated carbocycles. The molecule has 0 bridgehead atoms. The van der Waals surface area contributed by atoms with Gasteiger partial charge in [0.1, 0.15) is 5.75 Å². The minimum atomic E-state index is 0.219. The fourth-order valence-corrected chi connectivity index (χ4v) is 1.66. The number of phenolic OH excluding ortho intramolecular Hbond substituents is 1. The van der Waals surface area contributed by atoms with Crippen LogP contribution in [0.25, 0.3) is 0 Å². The number of allylic oxidation sites excluding steroid dienone is 1. The number of anilines is 1. The minimum absolute atomic E-state index is 0.219. The maximum absolute atomic E-state index is 11.3. The van der Waals surface area contributed by atoms with Crippen molar-refractivity contribution < 1.29 is 9.90 Å². The van der Waals surface area contributed by atoms with Crippen LogP contribution in [-0.4, -0.2) is 10.9 Å². The van der Waals surface area contributed by atoms with Gasteiger partial charge in [-0.1, -0.05) is 6.07 Å². The molecule has 2 rings (SSSR count). The summed E-state index contributed by atoms with van der Waals surface area (Å²) in [7, 11) is 0. The molecule has 1 aromatic rings. The van der Waals surface area contributed by atoms with Gasteiger partial charge in [0, 0.05) is 29.9 Å². The molecule has 1 aliphatic carbocycles. The van der Waals surface area contributed by atoms with E-state index >= 15 is 0 Å². The lowest BCUT2D eigenvalue weighted by Gasteiger charge is -2.02. The summed E-state index contributed by atoms with van der Waals surface area (Å²) in [6.07, 6.45) is 4.20. The number of aromatic hydroxyl groups is 1. The molecule has 0 radical (unpaired) electrons. The molecule has 1 fully saturated rings. The molecule has 0 aromatic heterocycles. The predicted octanol–water partition coefficient (Wildman–Crippen LogP) is 2.44. The van der Waals surface area contributed by atoms with E-state index in [1.807, 2.05) is 6.07 Å². The molecular weight excluding hydrogens is 190 g/mol. The molecule has 0 saturated heterocycles. The summed E-state index contributed by atoms with van der Waals surface area (Å²) in [5.74, 6) is 0.443. The highest BCUT2D eigenvalue weighted by Crippen LogP contribution is 2.21. The van der Waals surface area contributed by atoms with Gasteiger partial charge >= 0.3 is 0 Å². The zero-order valence-corrected chi connectivity index (χ0v) is 8.36. The first-order valence-corrected chi connectivity index (χ1v) is 5.03. The van der Waals surface area contributed by atoms with Gasteiger partial charge in [-0.15, -0.1) is 0 Å². The topological polar surface area (TPSA) is 49.3 Å². The molecule has 2 N–H and O–H groups in total. The average molecular weight is 203 g/mol. The number of hydrogen-bond acceptors (Lipinski definition) is 3. The molecule has 3 nitrogen and oxygen atoms in total. The van der Waals surface area contributed by atoms with Crippen LogP contribution in [0.5, 0.6) is 5.75 Å². The maximum Gasteiger partial charge on any atom is 0.160 e. The molecular formula is C12H13NO2. The molecule has 0 aliphatic heterocycles. The third kappa shape index (κ3) is 2.37. The molecule has 0 atom stereocenters. The second kappa shape index (κ2) is 4.17. The standard InChI is InChI=1S/C12H13NO2/c14-11-5-2-4-10(7-11)13-8-9-3-1-6-12(9)15/h2,4-5,7-8,13-14H,1,3,6H2. The Morgan fingerprint density at radius 2 is 2.20 bits per heavy atom. The van der Waals surface area contributed by atoms with E-state index in [0.717, 1.165) is 24.1 Å². The molecule has 1 aromatic carbocycles. The van der Waals surface area contributed by atoms with Crippen molar-refractivity contribution in [2.45, 2.75) is 19.3 Å². The van der Waals surface area contributed by atoms with Crippen molar-refractivity contribution in [3.63, 3.8) is 0 Å². The van der Waals surface area contributed by atoms with Crippen molar-refractivity contribution in [3.8, 4) is 5.75 Å². The van der Waals surface area contributed by atoms with Gasteiger partial charge in [-0.05, 0) is 25.0 Å². The molecule has 3 heteroatoms. The molecule has 0 amide bonds. The smallest absolute Gasteiger partial charge is 0.160 e. The molecule has 0 unspecified atom stereocenters. The SMILES string of the molecule is O=C1CCCC1=CNc1cccc(O)c1. The Hall–Kier alpha value is -1.77. The summed E-state index contributed by atoms with van der Waals surface area (Å²) < 4.78 is 0. The lowest BCUT2D eigenvalue weighted by Crippen LogP contribution is -1.96. The highest BCUT2D eigenvalue weighted by molar-refractivity contribution is 5.97. The third-order valence-electron chi connectivity index (χ3n) is 2.47. The Morgan fingerprint density at radius 3 is 2.87 bits per heavy atom. The highest BCUT2D eigenvalue weighted by Gasteiger charge is 2.16. The van der Waals surface area contributed by atoms with Gasteiger partial charge in [0.05, 0.1) is 0 Å². The number of rotatable bonds is 2. The number of hydrogen-bond donors (Lipinski definition) is 2. The second-order valence-electron chi connectivity index (χ2n) is 3.64. The highest BCUT2D eigenvalue weighted by atomic mass is 16.3. The summed E-state index contributed by atoms with van der Waals surface area (Å²) in [5.41, 5.74) is 1.64. The van der Waals surface area contributed by atoms with Gasteiger partial charge in [-0.25, -0.2) is 0 Å². The number of benzene rings is 1. The van der Waals surface area contributed by atoms with Gasteiger partial charge in [0.15, 0.2) is 5.78 Å². The summed E-state index contributed by atoms with van der Waals surface area (Å²) in [5, 5.41) is 12.2. The zero-order valence-electron chi connectivity index (χ0n) is 8.36. The van der Waals surface area contributed by atoms with Crippen molar-refractivity contribution in [2.24, 2.45) is 0 Å². The predicted molar refractivity (Wildman–Crippen MR) is 58.7 cm³/mol. The maximum atomic E-state index is 11.3. The second-order valence-corrected chi connectivity index (χ2v) is 3.64. The van der Waals surface area contributed by atoms with Gasteiger partial charge in [0.25, 0.3) is 0 Å². The van der Waals surface area contributed by atoms with Crippen molar-refractivity contribution in [1.82, 2.24) is 0 Å². The van der Waals surface area contributed by atoms with E-state index in [0.29, 0.717) is 6.42 Å². The van der Waals surface area contributed by atoms with E-state index in [4.69, 9.17) is 0 Å². The van der Waals surface area contributed by atoms with Crippen molar-refractivity contribution in [1.29, 1.82) is 0 Å². The summed E-state index contributed by atoms with van der Waals surface area (Å²) in [4.78, 5) is 11.3. The van der Waals surface area contributed by atoms with Crippen molar-refractivity contribution in [3.05, 3.63) is 36.0 Å². The lowest BCUT2D eigenvalue weighted by atomic mass is 10.2. The van der Waals surface area contributed by atoms with Crippen LogP contribution in [0.2, 0.25) is 0 Å². The Labute approximate surface area is 88.4 Å². The Kier molecular flexibility index (Phi) is 2.72. The van der Waals surface area contributed by atoms with E-state index in [-0.39, 0.29) is 11.5 Å².